The van der Waals surface area contributed by atoms with E-state index in [0.29, 0.717) is 31.1 Å². The zero-order valence-corrected chi connectivity index (χ0v) is 16.1. The number of amides is 1. The number of aliphatic hydroxyl groups is 1. The fraction of sp³-hybridized carbons (Fsp3) is 0.611. The predicted octanol–water partition coefficient (Wildman–Crippen LogP) is 1.88. The Hall–Kier alpha value is -1.86. The van der Waals surface area contributed by atoms with Crippen LogP contribution in [0.25, 0.3) is 0 Å². The van der Waals surface area contributed by atoms with Crippen LogP contribution in [0.2, 0.25) is 5.02 Å². The van der Waals surface area contributed by atoms with Gasteiger partial charge in [-0.05, 0) is 31.4 Å². The average molecular weight is 384 g/mol. The monoisotopic (exact) mass is 383 g/mol. The Bertz CT molecular complexity index is 638. The molecular weight excluding hydrogens is 358 g/mol. The van der Waals surface area contributed by atoms with E-state index >= 15 is 0 Å². The molecule has 0 bridgehead atoms. The van der Waals surface area contributed by atoms with Crippen LogP contribution in [0.5, 0.6) is 0 Å². The van der Waals surface area contributed by atoms with Crippen molar-refractivity contribution in [2.45, 2.75) is 39.3 Å². The van der Waals surface area contributed by atoms with E-state index in [0.717, 1.165) is 5.82 Å². The summed E-state index contributed by atoms with van der Waals surface area (Å²) < 4.78 is 0. The van der Waals surface area contributed by atoms with Crippen molar-refractivity contribution in [1.82, 2.24) is 9.88 Å². The van der Waals surface area contributed by atoms with Gasteiger partial charge in [0.1, 0.15) is 5.82 Å². The molecule has 0 saturated carbocycles. The van der Waals surface area contributed by atoms with Gasteiger partial charge in [0.15, 0.2) is 6.10 Å². The number of carbonyl (C=O) groups is 2. The first-order chi connectivity index (χ1) is 12.2. The Balaban J connectivity index is 2.09. The molecule has 1 saturated heterocycles. The lowest BCUT2D eigenvalue weighted by Crippen LogP contribution is -2.57. The molecule has 2 N–H and O–H groups in total. The minimum Gasteiger partial charge on any atom is -0.479 e. The second-order valence-corrected chi connectivity index (χ2v) is 7.62. The van der Waals surface area contributed by atoms with E-state index in [9.17, 15) is 14.7 Å². The zero-order chi connectivity index (χ0) is 19.4. The summed E-state index contributed by atoms with van der Waals surface area (Å²) in [5.41, 5.74) is 0. The summed E-state index contributed by atoms with van der Waals surface area (Å²) in [5.74, 6) is -1.70. The Morgan fingerprint density at radius 2 is 2.04 bits per heavy atom. The van der Waals surface area contributed by atoms with E-state index in [-0.39, 0.29) is 17.9 Å². The number of piperazine rings is 1. The summed E-state index contributed by atoms with van der Waals surface area (Å²) in [5, 5.41) is 19.7. The second kappa shape index (κ2) is 8.68. The lowest BCUT2D eigenvalue weighted by atomic mass is 9.90. The standard InChI is InChI=1S/C18H26ClN3O4/c1-11(2)8-14(16(23)18(25)26)17(24)22-7-6-21(10-12(22)3)15-5-4-13(19)9-20-15/h4-5,9,11-12,14,16,23H,6-8,10H2,1-3H3,(H,25,26)/t12-,14+,16+/m1/s1. The number of carboxylic acid groups (broad SMARTS) is 1. The number of carboxylic acids is 1. The van der Waals surface area contributed by atoms with E-state index in [1.165, 1.54) is 0 Å². The Kier molecular flexibility index (Phi) is 6.83. The number of anilines is 1. The molecule has 0 spiro atoms. The molecule has 1 amide bonds. The SMILES string of the molecule is CC(C)C[C@H](C(=O)N1CCN(c2ccc(Cl)cn2)C[C@H]1C)[C@H](O)C(=O)O. The van der Waals surface area contributed by atoms with E-state index in [1.54, 1.807) is 17.2 Å². The summed E-state index contributed by atoms with van der Waals surface area (Å²) in [6.45, 7) is 7.34. The highest BCUT2D eigenvalue weighted by molar-refractivity contribution is 6.30. The van der Waals surface area contributed by atoms with Crippen molar-refractivity contribution < 1.29 is 19.8 Å². The molecule has 7 nitrogen and oxygen atoms in total. The van der Waals surface area contributed by atoms with Gasteiger partial charge in [-0.3, -0.25) is 4.79 Å². The Labute approximate surface area is 158 Å². The molecule has 0 aromatic carbocycles. The maximum Gasteiger partial charge on any atom is 0.333 e. The minimum absolute atomic E-state index is 0.104. The molecule has 2 heterocycles. The van der Waals surface area contributed by atoms with Gasteiger partial charge in [0, 0.05) is 31.9 Å². The first kappa shape index (κ1) is 20.5. The van der Waals surface area contributed by atoms with E-state index in [1.807, 2.05) is 26.8 Å². The van der Waals surface area contributed by atoms with Gasteiger partial charge in [-0.25, -0.2) is 9.78 Å². The maximum absolute atomic E-state index is 12.9. The van der Waals surface area contributed by atoms with Crippen LogP contribution in [0.3, 0.4) is 0 Å². The molecular formula is C18H26ClN3O4. The molecule has 3 atom stereocenters. The first-order valence-electron chi connectivity index (χ1n) is 8.78. The van der Waals surface area contributed by atoms with E-state index in [4.69, 9.17) is 16.7 Å². The van der Waals surface area contributed by atoms with E-state index in [2.05, 4.69) is 9.88 Å². The summed E-state index contributed by atoms with van der Waals surface area (Å²) in [7, 11) is 0. The number of aromatic nitrogens is 1. The average Bonchev–Trinajstić information content (AvgIpc) is 2.58. The largest absolute Gasteiger partial charge is 0.479 e. The molecule has 1 fully saturated rings. The molecule has 1 aliphatic heterocycles. The Morgan fingerprint density at radius 1 is 1.35 bits per heavy atom. The van der Waals surface area contributed by atoms with Crippen molar-refractivity contribution in [3.05, 3.63) is 23.4 Å². The van der Waals surface area contributed by atoms with Crippen LogP contribution in [0.15, 0.2) is 18.3 Å². The summed E-state index contributed by atoms with van der Waals surface area (Å²) in [4.78, 5) is 32.2. The number of aliphatic hydroxyl groups excluding tert-OH is 1. The van der Waals surface area contributed by atoms with Crippen LogP contribution >= 0.6 is 11.6 Å². The quantitative estimate of drug-likeness (QED) is 0.779. The first-order valence-corrected chi connectivity index (χ1v) is 9.16. The van der Waals surface area contributed by atoms with Gasteiger partial charge in [0.25, 0.3) is 0 Å². The lowest BCUT2D eigenvalue weighted by Gasteiger charge is -2.42. The van der Waals surface area contributed by atoms with Crippen LogP contribution in [0.1, 0.15) is 27.2 Å². The van der Waals surface area contributed by atoms with Gasteiger partial charge in [-0.1, -0.05) is 25.4 Å². The summed E-state index contributed by atoms with van der Waals surface area (Å²) in [6.07, 6.45) is 0.229. The number of hydrogen-bond donors (Lipinski definition) is 2. The summed E-state index contributed by atoms with van der Waals surface area (Å²) >= 11 is 5.87. The number of carbonyl (C=O) groups excluding carboxylic acids is 1. The third kappa shape index (κ3) is 4.86. The highest BCUT2D eigenvalue weighted by Gasteiger charge is 2.38. The van der Waals surface area contributed by atoms with Gasteiger partial charge >= 0.3 is 5.97 Å². The molecule has 2 rings (SSSR count). The number of rotatable bonds is 6. The molecule has 0 radical (unpaired) electrons. The summed E-state index contributed by atoms with van der Waals surface area (Å²) in [6, 6.07) is 3.49. The van der Waals surface area contributed by atoms with Crippen molar-refractivity contribution in [2.24, 2.45) is 11.8 Å². The van der Waals surface area contributed by atoms with Crippen LogP contribution in [0, 0.1) is 11.8 Å². The van der Waals surface area contributed by atoms with Gasteiger partial charge in [0.05, 0.1) is 10.9 Å². The lowest BCUT2D eigenvalue weighted by molar-refractivity contribution is -0.158. The van der Waals surface area contributed by atoms with Gasteiger partial charge in [-0.2, -0.15) is 0 Å². The third-order valence-electron chi connectivity index (χ3n) is 4.62. The molecule has 1 aromatic rings. The predicted molar refractivity (Wildman–Crippen MR) is 99.2 cm³/mol. The number of aliphatic carboxylic acids is 1. The van der Waals surface area contributed by atoms with Gasteiger partial charge in [-0.15, -0.1) is 0 Å². The molecule has 1 aliphatic rings. The molecule has 144 valence electrons. The highest BCUT2D eigenvalue weighted by atomic mass is 35.5. The zero-order valence-electron chi connectivity index (χ0n) is 15.3. The normalized spacial score (nSPS) is 20.2. The maximum atomic E-state index is 12.9. The number of pyridine rings is 1. The van der Waals surface area contributed by atoms with Crippen LogP contribution in [0.4, 0.5) is 5.82 Å². The minimum atomic E-state index is -1.69. The van der Waals surface area contributed by atoms with Crippen molar-refractivity contribution in [2.75, 3.05) is 24.5 Å². The Morgan fingerprint density at radius 3 is 2.54 bits per heavy atom. The second-order valence-electron chi connectivity index (χ2n) is 7.18. The number of hydrogen-bond acceptors (Lipinski definition) is 5. The molecule has 8 heteroatoms. The number of nitrogens with zero attached hydrogens (tertiary/aromatic N) is 3. The smallest absolute Gasteiger partial charge is 0.333 e. The molecule has 0 unspecified atom stereocenters. The fourth-order valence-electron chi connectivity index (χ4n) is 3.31. The van der Waals surface area contributed by atoms with Crippen LogP contribution < -0.4 is 4.90 Å². The van der Waals surface area contributed by atoms with Gasteiger partial charge in [0.2, 0.25) is 5.91 Å². The van der Waals surface area contributed by atoms with Crippen molar-refractivity contribution >= 4 is 29.3 Å². The van der Waals surface area contributed by atoms with Crippen molar-refractivity contribution in [3.63, 3.8) is 0 Å². The molecule has 0 aliphatic carbocycles. The van der Waals surface area contributed by atoms with Crippen LogP contribution in [-0.2, 0) is 9.59 Å². The third-order valence-corrected chi connectivity index (χ3v) is 4.85. The molecule has 26 heavy (non-hydrogen) atoms. The topological polar surface area (TPSA) is 94.0 Å². The molecule has 1 aromatic heterocycles. The van der Waals surface area contributed by atoms with Crippen molar-refractivity contribution in [3.8, 4) is 0 Å². The van der Waals surface area contributed by atoms with Gasteiger partial charge < -0.3 is 20.0 Å². The number of halogens is 1. The van der Waals surface area contributed by atoms with E-state index < -0.39 is 18.0 Å². The highest BCUT2D eigenvalue weighted by Crippen LogP contribution is 2.24. The van der Waals surface area contributed by atoms with Crippen molar-refractivity contribution in [1.29, 1.82) is 0 Å². The fourth-order valence-corrected chi connectivity index (χ4v) is 3.42. The van der Waals surface area contributed by atoms with Crippen LogP contribution in [-0.4, -0.2) is 63.8 Å².